The first-order valence-electron chi connectivity index (χ1n) is 8.09. The number of H-pyrrole nitrogens is 1. The number of rotatable bonds is 4. The fourth-order valence-electron chi connectivity index (χ4n) is 3.19. The fraction of sp³-hybridized carbons (Fsp3) is 0.714. The predicted molar refractivity (Wildman–Crippen MR) is 90.3 cm³/mol. The van der Waals surface area contributed by atoms with Crippen molar-refractivity contribution >= 4 is 16.0 Å². The molecule has 0 amide bonds. The summed E-state index contributed by atoms with van der Waals surface area (Å²) in [6.45, 7) is 4.14. The van der Waals surface area contributed by atoms with Crippen LogP contribution in [-0.2, 0) is 17.3 Å². The summed E-state index contributed by atoms with van der Waals surface area (Å²) in [6.07, 6.45) is 1.51. The van der Waals surface area contributed by atoms with Crippen molar-refractivity contribution in [2.24, 2.45) is 13.0 Å². The van der Waals surface area contributed by atoms with E-state index < -0.39 is 15.9 Å². The Bertz CT molecular complexity index is 799. The van der Waals surface area contributed by atoms with Gasteiger partial charge in [0.25, 0.3) is 15.8 Å². The van der Waals surface area contributed by atoms with Gasteiger partial charge in [-0.05, 0) is 18.8 Å². The molecule has 1 unspecified atom stereocenters. The zero-order chi connectivity index (χ0) is 17.5. The third kappa shape index (κ3) is 3.40. The Hall–Kier alpha value is -1.65. The van der Waals surface area contributed by atoms with Crippen molar-refractivity contribution < 1.29 is 8.42 Å². The van der Waals surface area contributed by atoms with Crippen LogP contribution in [0.25, 0.3) is 0 Å². The highest BCUT2D eigenvalue weighted by Gasteiger charge is 2.33. The molecule has 3 heterocycles. The van der Waals surface area contributed by atoms with Gasteiger partial charge in [-0.3, -0.25) is 14.3 Å². The maximum atomic E-state index is 12.4. The molecule has 2 fully saturated rings. The molecule has 2 aliphatic rings. The van der Waals surface area contributed by atoms with E-state index in [4.69, 9.17) is 0 Å². The summed E-state index contributed by atoms with van der Waals surface area (Å²) in [5, 5.41) is 0. The molecule has 0 radical (unpaired) electrons. The summed E-state index contributed by atoms with van der Waals surface area (Å²) in [5.41, 5.74) is -0.864. The molecule has 0 aromatic carbocycles. The summed E-state index contributed by atoms with van der Waals surface area (Å²) < 4.78 is 30.1. The van der Waals surface area contributed by atoms with E-state index in [-0.39, 0.29) is 11.6 Å². The first-order valence-corrected chi connectivity index (χ1v) is 9.53. The van der Waals surface area contributed by atoms with Crippen LogP contribution in [0.2, 0.25) is 0 Å². The van der Waals surface area contributed by atoms with Crippen molar-refractivity contribution in [3.63, 3.8) is 0 Å². The van der Waals surface area contributed by atoms with E-state index in [2.05, 4.69) is 9.71 Å². The van der Waals surface area contributed by atoms with Crippen molar-refractivity contribution in [3.05, 3.63) is 26.9 Å². The number of aromatic nitrogens is 2. The molecule has 3 rings (SSSR count). The minimum atomic E-state index is -3.49. The van der Waals surface area contributed by atoms with Crippen LogP contribution in [0.4, 0.5) is 5.82 Å². The number of nitrogens with zero attached hydrogens (tertiary/aromatic N) is 3. The summed E-state index contributed by atoms with van der Waals surface area (Å²) in [6, 6.07) is 1.12. The number of hydrogen-bond acceptors (Lipinski definition) is 5. The molecule has 1 aromatic rings. The lowest BCUT2D eigenvalue weighted by Crippen LogP contribution is -2.45. The standard InChI is InChI=1S/C14H23N5O4S/c1-10-3-6-19(8-10)24(22,23)16-11-4-5-18(9-11)12-7-13(20)17(2)14(21)15-12/h7,10-11,16H,3-6,8-9H2,1-2H3,(H,15,21)/t10?,11-/m0/s1. The SMILES string of the molecule is CC1CCN(S(=O)(=O)N[C@H]2CCN(c3cc(=O)n(C)c(=O)[nH]3)C2)C1. The van der Waals surface area contributed by atoms with Gasteiger partial charge < -0.3 is 4.90 Å². The molecule has 0 spiro atoms. The third-order valence-corrected chi connectivity index (χ3v) is 6.34. The van der Waals surface area contributed by atoms with Gasteiger partial charge in [-0.2, -0.15) is 17.4 Å². The molecule has 0 saturated carbocycles. The average Bonchev–Trinajstić information content (AvgIpc) is 3.13. The number of hydrogen-bond donors (Lipinski definition) is 2. The van der Waals surface area contributed by atoms with Crippen molar-refractivity contribution in [1.29, 1.82) is 0 Å². The second-order valence-corrected chi connectivity index (χ2v) is 8.37. The maximum absolute atomic E-state index is 12.4. The Morgan fingerprint density at radius 2 is 1.96 bits per heavy atom. The van der Waals surface area contributed by atoms with E-state index in [0.29, 0.717) is 44.3 Å². The second-order valence-electron chi connectivity index (χ2n) is 6.66. The highest BCUT2D eigenvalue weighted by Crippen LogP contribution is 2.20. The minimum absolute atomic E-state index is 0.238. The first-order chi connectivity index (χ1) is 11.3. The molecule has 2 aliphatic heterocycles. The average molecular weight is 357 g/mol. The van der Waals surface area contributed by atoms with Gasteiger partial charge in [0, 0.05) is 45.3 Å². The van der Waals surface area contributed by atoms with Crippen molar-refractivity contribution in [3.8, 4) is 0 Å². The zero-order valence-electron chi connectivity index (χ0n) is 13.9. The van der Waals surface area contributed by atoms with Gasteiger partial charge in [0.1, 0.15) is 5.82 Å². The van der Waals surface area contributed by atoms with Crippen molar-refractivity contribution in [1.82, 2.24) is 18.6 Å². The molecule has 2 atom stereocenters. The van der Waals surface area contributed by atoms with E-state index in [1.807, 2.05) is 11.8 Å². The topological polar surface area (TPSA) is 108 Å². The lowest BCUT2D eigenvalue weighted by atomic mass is 10.2. The van der Waals surface area contributed by atoms with Gasteiger partial charge in [0.15, 0.2) is 0 Å². The zero-order valence-corrected chi connectivity index (χ0v) is 14.7. The van der Waals surface area contributed by atoms with Crippen LogP contribution in [-0.4, -0.2) is 54.5 Å². The Kier molecular flexibility index (Phi) is 4.54. The number of aromatic amines is 1. The molecular weight excluding hydrogens is 334 g/mol. The molecule has 24 heavy (non-hydrogen) atoms. The van der Waals surface area contributed by atoms with Gasteiger partial charge in [-0.1, -0.05) is 6.92 Å². The van der Waals surface area contributed by atoms with Crippen LogP contribution < -0.4 is 20.9 Å². The second kappa shape index (κ2) is 6.34. The molecule has 2 saturated heterocycles. The molecule has 134 valence electrons. The van der Waals surface area contributed by atoms with Crippen LogP contribution >= 0.6 is 0 Å². The van der Waals surface area contributed by atoms with Gasteiger partial charge >= 0.3 is 5.69 Å². The maximum Gasteiger partial charge on any atom is 0.329 e. The fourth-order valence-corrected chi connectivity index (χ4v) is 4.75. The molecule has 9 nitrogen and oxygen atoms in total. The van der Waals surface area contributed by atoms with Crippen molar-refractivity contribution in [2.45, 2.75) is 25.8 Å². The van der Waals surface area contributed by atoms with E-state index in [9.17, 15) is 18.0 Å². The molecular formula is C14H23N5O4S. The quantitative estimate of drug-likeness (QED) is 0.706. The Morgan fingerprint density at radius 1 is 1.21 bits per heavy atom. The van der Waals surface area contributed by atoms with Gasteiger partial charge in [-0.25, -0.2) is 4.79 Å². The smallest absolute Gasteiger partial charge is 0.329 e. The van der Waals surface area contributed by atoms with Crippen LogP contribution in [0.15, 0.2) is 15.7 Å². The highest BCUT2D eigenvalue weighted by atomic mass is 32.2. The van der Waals surface area contributed by atoms with Crippen LogP contribution in [0.5, 0.6) is 0 Å². The Morgan fingerprint density at radius 3 is 2.58 bits per heavy atom. The molecule has 0 aliphatic carbocycles. The molecule has 2 N–H and O–H groups in total. The largest absolute Gasteiger partial charge is 0.356 e. The van der Waals surface area contributed by atoms with Crippen LogP contribution in [0.1, 0.15) is 19.8 Å². The molecule has 10 heteroatoms. The van der Waals surface area contributed by atoms with Gasteiger partial charge in [0.2, 0.25) is 0 Å². The van der Waals surface area contributed by atoms with Gasteiger partial charge in [-0.15, -0.1) is 0 Å². The normalized spacial score (nSPS) is 25.5. The van der Waals surface area contributed by atoms with Crippen LogP contribution in [0, 0.1) is 5.92 Å². The molecule has 1 aromatic heterocycles. The lowest BCUT2D eigenvalue weighted by molar-refractivity contribution is 0.445. The lowest BCUT2D eigenvalue weighted by Gasteiger charge is -2.21. The number of anilines is 1. The van der Waals surface area contributed by atoms with E-state index in [1.165, 1.54) is 17.4 Å². The van der Waals surface area contributed by atoms with E-state index >= 15 is 0 Å². The summed E-state index contributed by atoms with van der Waals surface area (Å²) >= 11 is 0. The molecule has 0 bridgehead atoms. The Balaban J connectivity index is 1.68. The predicted octanol–water partition coefficient (Wildman–Crippen LogP) is -1.17. The minimum Gasteiger partial charge on any atom is -0.356 e. The summed E-state index contributed by atoms with van der Waals surface area (Å²) in [4.78, 5) is 27.9. The van der Waals surface area contributed by atoms with Crippen LogP contribution in [0.3, 0.4) is 0 Å². The van der Waals surface area contributed by atoms with E-state index in [0.717, 1.165) is 11.0 Å². The third-order valence-electron chi connectivity index (χ3n) is 4.70. The van der Waals surface area contributed by atoms with E-state index in [1.54, 1.807) is 0 Å². The summed E-state index contributed by atoms with van der Waals surface area (Å²) in [7, 11) is -2.08. The first kappa shape index (κ1) is 17.2. The summed E-state index contributed by atoms with van der Waals surface area (Å²) in [5.74, 6) is 0.812. The van der Waals surface area contributed by atoms with Gasteiger partial charge in [0.05, 0.1) is 0 Å². The monoisotopic (exact) mass is 357 g/mol. The Labute approximate surface area is 140 Å². The number of nitrogens with one attached hydrogen (secondary N) is 2. The highest BCUT2D eigenvalue weighted by molar-refractivity contribution is 7.87. The van der Waals surface area contributed by atoms with Crippen molar-refractivity contribution in [2.75, 3.05) is 31.1 Å².